The van der Waals surface area contributed by atoms with Crippen LogP contribution in [0.25, 0.3) is 0 Å². The molecule has 0 unspecified atom stereocenters. The molecule has 0 saturated heterocycles. The number of hydrogen-bond acceptors (Lipinski definition) is 3. The fourth-order valence-electron chi connectivity index (χ4n) is 1.76. The number of aromatic hydroxyl groups is 1. The molecular weight excluding hydrogens is 283 g/mol. The van der Waals surface area contributed by atoms with Crippen LogP contribution in [0, 0.1) is 0 Å². The first-order valence-electron chi connectivity index (χ1n) is 5.93. The quantitative estimate of drug-likeness (QED) is 0.831. The lowest BCUT2D eigenvalue weighted by Gasteiger charge is -2.09. The lowest BCUT2D eigenvalue weighted by molar-refractivity contribution is 0.465. The SMILES string of the molecule is Oc1c(Cl)cc(Cl)cc1CNCCc1ccncc1. The van der Waals surface area contributed by atoms with Gasteiger partial charge in [0.2, 0.25) is 0 Å². The molecule has 1 heterocycles. The van der Waals surface area contributed by atoms with E-state index in [0.717, 1.165) is 13.0 Å². The van der Waals surface area contributed by atoms with Gasteiger partial charge in [-0.05, 0) is 42.8 Å². The van der Waals surface area contributed by atoms with Gasteiger partial charge in [-0.25, -0.2) is 0 Å². The van der Waals surface area contributed by atoms with E-state index in [1.807, 2.05) is 12.1 Å². The molecule has 0 aliphatic rings. The Hall–Kier alpha value is -1.29. The summed E-state index contributed by atoms with van der Waals surface area (Å²) in [4.78, 5) is 3.97. The number of phenols is 1. The highest BCUT2D eigenvalue weighted by atomic mass is 35.5. The lowest BCUT2D eigenvalue weighted by atomic mass is 10.2. The normalized spacial score (nSPS) is 10.6. The summed E-state index contributed by atoms with van der Waals surface area (Å²) in [5.74, 6) is 0.0856. The Labute approximate surface area is 122 Å². The molecule has 1 aromatic carbocycles. The highest BCUT2D eigenvalue weighted by Crippen LogP contribution is 2.30. The van der Waals surface area contributed by atoms with Crippen molar-refractivity contribution in [1.82, 2.24) is 10.3 Å². The van der Waals surface area contributed by atoms with Crippen LogP contribution in [0.4, 0.5) is 0 Å². The van der Waals surface area contributed by atoms with E-state index in [9.17, 15) is 5.11 Å². The number of aromatic nitrogens is 1. The average molecular weight is 297 g/mol. The molecule has 0 atom stereocenters. The minimum absolute atomic E-state index is 0.0856. The van der Waals surface area contributed by atoms with Crippen LogP contribution in [-0.4, -0.2) is 16.6 Å². The first-order chi connectivity index (χ1) is 9.16. The molecule has 19 heavy (non-hydrogen) atoms. The summed E-state index contributed by atoms with van der Waals surface area (Å²) < 4.78 is 0. The van der Waals surface area contributed by atoms with Crippen LogP contribution in [0.1, 0.15) is 11.1 Å². The smallest absolute Gasteiger partial charge is 0.138 e. The van der Waals surface area contributed by atoms with E-state index < -0.39 is 0 Å². The molecule has 0 bridgehead atoms. The second kappa shape index (κ2) is 6.75. The molecule has 0 radical (unpaired) electrons. The predicted octanol–water partition coefficient (Wildman–Crippen LogP) is 3.43. The predicted molar refractivity (Wildman–Crippen MR) is 77.8 cm³/mol. The van der Waals surface area contributed by atoms with Gasteiger partial charge in [0.25, 0.3) is 0 Å². The molecular formula is C14H14Cl2N2O. The minimum Gasteiger partial charge on any atom is -0.506 e. The number of rotatable bonds is 5. The summed E-state index contributed by atoms with van der Waals surface area (Å²) in [5, 5.41) is 13.8. The Morgan fingerprint density at radius 2 is 1.89 bits per heavy atom. The van der Waals surface area contributed by atoms with Gasteiger partial charge in [0.05, 0.1) is 5.02 Å². The van der Waals surface area contributed by atoms with Gasteiger partial charge in [0, 0.05) is 29.5 Å². The Morgan fingerprint density at radius 1 is 1.16 bits per heavy atom. The first-order valence-corrected chi connectivity index (χ1v) is 6.69. The summed E-state index contributed by atoms with van der Waals surface area (Å²) in [6.45, 7) is 1.32. The standard InChI is InChI=1S/C14H14Cl2N2O/c15-12-7-11(14(19)13(16)8-12)9-18-6-3-10-1-4-17-5-2-10/h1-2,4-5,7-8,18-19H,3,6,9H2. The van der Waals surface area contributed by atoms with Crippen LogP contribution in [-0.2, 0) is 13.0 Å². The molecule has 2 aromatic rings. The number of benzene rings is 1. The largest absolute Gasteiger partial charge is 0.506 e. The van der Waals surface area contributed by atoms with Gasteiger partial charge in [-0.15, -0.1) is 0 Å². The van der Waals surface area contributed by atoms with Crippen LogP contribution in [0.15, 0.2) is 36.7 Å². The number of hydrogen-bond donors (Lipinski definition) is 2. The maximum absolute atomic E-state index is 9.80. The molecule has 5 heteroatoms. The van der Waals surface area contributed by atoms with Crippen molar-refractivity contribution in [2.24, 2.45) is 0 Å². The van der Waals surface area contributed by atoms with E-state index in [-0.39, 0.29) is 10.8 Å². The average Bonchev–Trinajstić information content (AvgIpc) is 2.41. The first kappa shape index (κ1) is 14.1. The van der Waals surface area contributed by atoms with Crippen molar-refractivity contribution in [3.05, 3.63) is 57.8 Å². The van der Waals surface area contributed by atoms with E-state index in [4.69, 9.17) is 23.2 Å². The van der Waals surface area contributed by atoms with Crippen LogP contribution in [0.2, 0.25) is 10.0 Å². The second-order valence-corrected chi connectivity index (χ2v) is 5.02. The molecule has 0 aliphatic carbocycles. The van der Waals surface area contributed by atoms with E-state index in [1.54, 1.807) is 18.5 Å². The number of phenolic OH excluding ortho intramolecular Hbond substituents is 1. The van der Waals surface area contributed by atoms with Gasteiger partial charge in [0.15, 0.2) is 0 Å². The second-order valence-electron chi connectivity index (χ2n) is 4.18. The van der Waals surface area contributed by atoms with Gasteiger partial charge in [-0.1, -0.05) is 23.2 Å². The van der Waals surface area contributed by atoms with Crippen molar-refractivity contribution in [2.45, 2.75) is 13.0 Å². The van der Waals surface area contributed by atoms with Crippen LogP contribution >= 0.6 is 23.2 Å². The Kier molecular flexibility index (Phi) is 5.02. The fourth-order valence-corrected chi connectivity index (χ4v) is 2.29. The molecule has 2 rings (SSSR count). The summed E-state index contributed by atoms with van der Waals surface area (Å²) in [6, 6.07) is 7.20. The Morgan fingerprint density at radius 3 is 2.63 bits per heavy atom. The maximum Gasteiger partial charge on any atom is 0.138 e. The third-order valence-corrected chi connectivity index (χ3v) is 3.27. The Bertz CT molecular complexity index is 547. The molecule has 2 N–H and O–H groups in total. The number of nitrogens with zero attached hydrogens (tertiary/aromatic N) is 1. The van der Waals surface area contributed by atoms with E-state index in [0.29, 0.717) is 17.1 Å². The van der Waals surface area contributed by atoms with Crippen LogP contribution in [0.3, 0.4) is 0 Å². The summed E-state index contributed by atoms with van der Waals surface area (Å²) in [7, 11) is 0. The van der Waals surface area contributed by atoms with E-state index in [2.05, 4.69) is 10.3 Å². The molecule has 0 amide bonds. The molecule has 3 nitrogen and oxygen atoms in total. The van der Waals surface area contributed by atoms with Gasteiger partial charge in [-0.2, -0.15) is 0 Å². The highest BCUT2D eigenvalue weighted by Gasteiger charge is 2.07. The van der Waals surface area contributed by atoms with Gasteiger partial charge in [0.1, 0.15) is 5.75 Å². The van der Waals surface area contributed by atoms with Crippen LogP contribution in [0.5, 0.6) is 5.75 Å². The summed E-state index contributed by atoms with van der Waals surface area (Å²) in [6.07, 6.45) is 4.45. The molecule has 0 fully saturated rings. The zero-order valence-electron chi connectivity index (χ0n) is 10.2. The van der Waals surface area contributed by atoms with Gasteiger partial charge in [-0.3, -0.25) is 4.98 Å². The van der Waals surface area contributed by atoms with E-state index >= 15 is 0 Å². The number of halogens is 2. The lowest BCUT2D eigenvalue weighted by Crippen LogP contribution is -2.16. The summed E-state index contributed by atoms with van der Waals surface area (Å²) in [5.41, 5.74) is 1.92. The minimum atomic E-state index is 0.0856. The van der Waals surface area contributed by atoms with Crippen molar-refractivity contribution in [1.29, 1.82) is 0 Å². The zero-order valence-corrected chi connectivity index (χ0v) is 11.7. The van der Waals surface area contributed by atoms with Crippen molar-refractivity contribution in [3.63, 3.8) is 0 Å². The third kappa shape index (κ3) is 4.10. The molecule has 100 valence electrons. The fraction of sp³-hybridized carbons (Fsp3) is 0.214. The Balaban J connectivity index is 1.86. The van der Waals surface area contributed by atoms with E-state index in [1.165, 1.54) is 11.6 Å². The molecule has 0 aliphatic heterocycles. The summed E-state index contributed by atoms with van der Waals surface area (Å²) >= 11 is 11.8. The molecule has 0 spiro atoms. The van der Waals surface area contributed by atoms with Crippen molar-refractivity contribution >= 4 is 23.2 Å². The molecule has 0 saturated carbocycles. The topological polar surface area (TPSA) is 45.1 Å². The highest BCUT2D eigenvalue weighted by molar-refractivity contribution is 6.35. The van der Waals surface area contributed by atoms with Crippen molar-refractivity contribution in [3.8, 4) is 5.75 Å². The van der Waals surface area contributed by atoms with Gasteiger partial charge < -0.3 is 10.4 Å². The van der Waals surface area contributed by atoms with Gasteiger partial charge >= 0.3 is 0 Å². The third-order valence-electron chi connectivity index (χ3n) is 2.76. The zero-order chi connectivity index (χ0) is 13.7. The van der Waals surface area contributed by atoms with Crippen molar-refractivity contribution < 1.29 is 5.11 Å². The molecule has 1 aromatic heterocycles. The monoisotopic (exact) mass is 296 g/mol. The maximum atomic E-state index is 9.80. The number of pyridine rings is 1. The van der Waals surface area contributed by atoms with Crippen LogP contribution < -0.4 is 5.32 Å². The number of nitrogens with one attached hydrogen (secondary N) is 1. The van der Waals surface area contributed by atoms with Crippen molar-refractivity contribution in [2.75, 3.05) is 6.54 Å².